The summed E-state index contributed by atoms with van der Waals surface area (Å²) in [5.74, 6) is -0.710. The van der Waals surface area contributed by atoms with E-state index >= 15 is 0 Å². The average Bonchev–Trinajstić information content (AvgIpc) is 2.40. The second-order valence-electron chi connectivity index (χ2n) is 4.06. The lowest BCUT2D eigenvalue weighted by atomic mass is 10.1. The molecule has 1 N–H and O–H groups in total. The summed E-state index contributed by atoms with van der Waals surface area (Å²) in [6.45, 7) is 3.84. The third-order valence-electron chi connectivity index (χ3n) is 2.68. The Kier molecular flexibility index (Phi) is 5.46. The molecule has 6 heteroatoms. The van der Waals surface area contributed by atoms with Gasteiger partial charge in [-0.2, -0.15) is 5.10 Å². The molecule has 0 aliphatic heterocycles. The van der Waals surface area contributed by atoms with Gasteiger partial charge in [0, 0.05) is 11.8 Å². The lowest BCUT2D eigenvalue weighted by Gasteiger charge is -2.04. The summed E-state index contributed by atoms with van der Waals surface area (Å²) >= 11 is 0. The molecular weight excluding hydrogens is 280 g/mol. The molecule has 1 aromatic carbocycles. The minimum atomic E-state index is -0.710. The summed E-state index contributed by atoms with van der Waals surface area (Å²) in [5, 5.41) is 6.26. The maximum Gasteiger partial charge on any atom is 0.362 e. The van der Waals surface area contributed by atoms with Gasteiger partial charge in [0.15, 0.2) is 0 Å². The zero-order valence-electron chi connectivity index (χ0n) is 11.2. The number of hydrogen-bond acceptors (Lipinski definition) is 4. The molecule has 20 heavy (non-hydrogen) atoms. The summed E-state index contributed by atoms with van der Waals surface area (Å²) < 4.78 is 4.80. The zero-order valence-corrected chi connectivity index (χ0v) is 12.0. The second kappa shape index (κ2) is 6.86. The maximum atomic E-state index is 12.2. The lowest BCUT2D eigenvalue weighted by molar-refractivity contribution is 0.0516. The van der Waals surface area contributed by atoms with Crippen molar-refractivity contribution in [2.24, 2.45) is 0 Å². The Labute approximate surface area is 122 Å². The van der Waals surface area contributed by atoms with Gasteiger partial charge in [0.05, 0.1) is 6.61 Å². The second-order valence-corrected chi connectivity index (χ2v) is 4.06. The van der Waals surface area contributed by atoms with Crippen LogP contribution in [0.15, 0.2) is 35.3 Å². The largest absolute Gasteiger partial charge is 0.461 e. The van der Waals surface area contributed by atoms with E-state index in [2.05, 4.69) is 10.2 Å². The van der Waals surface area contributed by atoms with Crippen LogP contribution in [-0.2, 0) is 4.74 Å². The van der Waals surface area contributed by atoms with Gasteiger partial charge in [-0.05, 0) is 19.4 Å². The van der Waals surface area contributed by atoms with Crippen LogP contribution in [0.2, 0.25) is 0 Å². The van der Waals surface area contributed by atoms with Crippen LogP contribution in [0.3, 0.4) is 0 Å². The fourth-order valence-corrected chi connectivity index (χ4v) is 1.69. The molecule has 2 rings (SSSR count). The number of aryl methyl sites for hydroxylation is 1. The number of ether oxygens (including phenoxy) is 1. The molecule has 0 aliphatic carbocycles. The highest BCUT2D eigenvalue weighted by Gasteiger charge is 2.16. The van der Waals surface area contributed by atoms with Crippen LogP contribution >= 0.6 is 12.4 Å². The van der Waals surface area contributed by atoms with Crippen molar-refractivity contribution in [2.75, 3.05) is 6.61 Å². The Morgan fingerprint density at radius 2 is 1.95 bits per heavy atom. The molecule has 0 atom stereocenters. The first-order valence-corrected chi connectivity index (χ1v) is 5.95. The number of esters is 1. The van der Waals surface area contributed by atoms with E-state index < -0.39 is 11.4 Å². The van der Waals surface area contributed by atoms with Gasteiger partial charge in [0.25, 0.3) is 0 Å². The predicted molar refractivity (Wildman–Crippen MR) is 78.2 cm³/mol. The van der Waals surface area contributed by atoms with Crippen molar-refractivity contribution >= 4 is 18.4 Å². The van der Waals surface area contributed by atoms with Crippen LogP contribution < -0.4 is 5.43 Å². The van der Waals surface area contributed by atoms with Crippen LogP contribution in [-0.4, -0.2) is 22.8 Å². The van der Waals surface area contributed by atoms with Gasteiger partial charge in [-0.15, -0.1) is 12.4 Å². The zero-order chi connectivity index (χ0) is 13.8. The fourth-order valence-electron chi connectivity index (χ4n) is 1.69. The molecule has 0 aliphatic rings. The Balaban J connectivity index is 0.00000200. The number of H-pyrrole nitrogens is 1. The SMILES string of the molecule is CCOC(=O)c1n[nH]cc(-c2ccc(C)cc2)c1=O.Cl. The number of carbonyl (C=O) groups excluding carboxylic acids is 1. The van der Waals surface area contributed by atoms with E-state index in [-0.39, 0.29) is 24.7 Å². The highest BCUT2D eigenvalue weighted by molar-refractivity contribution is 5.88. The number of hydrogen-bond donors (Lipinski definition) is 1. The number of rotatable bonds is 3. The standard InChI is InChI=1S/C14H14N2O3.ClH/c1-3-19-14(18)12-13(17)11(8-15-16-12)10-6-4-9(2)5-7-10;/h4-8H,3H2,1-2H3,(H,15,17);1H. The van der Waals surface area contributed by atoms with E-state index in [0.717, 1.165) is 11.1 Å². The molecule has 0 fully saturated rings. The van der Waals surface area contributed by atoms with E-state index in [9.17, 15) is 9.59 Å². The highest BCUT2D eigenvalue weighted by Crippen LogP contribution is 2.15. The van der Waals surface area contributed by atoms with Crippen molar-refractivity contribution in [2.45, 2.75) is 13.8 Å². The number of aromatic nitrogens is 2. The van der Waals surface area contributed by atoms with Crippen molar-refractivity contribution < 1.29 is 9.53 Å². The molecule has 0 bridgehead atoms. The fraction of sp³-hybridized carbons (Fsp3) is 0.214. The van der Waals surface area contributed by atoms with Crippen molar-refractivity contribution in [1.82, 2.24) is 10.2 Å². The molecule has 0 saturated carbocycles. The average molecular weight is 295 g/mol. The summed E-state index contributed by atoms with van der Waals surface area (Å²) in [6.07, 6.45) is 1.48. The first-order valence-electron chi connectivity index (χ1n) is 5.95. The Morgan fingerprint density at radius 1 is 1.30 bits per heavy atom. The summed E-state index contributed by atoms with van der Waals surface area (Å²) in [5.41, 5.74) is 1.58. The Hall–Kier alpha value is -2.14. The minimum Gasteiger partial charge on any atom is -0.461 e. The van der Waals surface area contributed by atoms with E-state index in [1.54, 1.807) is 6.92 Å². The monoisotopic (exact) mass is 294 g/mol. The molecule has 106 valence electrons. The predicted octanol–water partition coefficient (Wildman–Crippen LogP) is 2.34. The molecule has 0 radical (unpaired) electrons. The Morgan fingerprint density at radius 3 is 2.55 bits per heavy atom. The third kappa shape index (κ3) is 3.24. The van der Waals surface area contributed by atoms with Crippen molar-refractivity contribution in [1.29, 1.82) is 0 Å². The van der Waals surface area contributed by atoms with Crippen LogP contribution in [0.25, 0.3) is 11.1 Å². The molecule has 0 amide bonds. The number of aromatic amines is 1. The smallest absolute Gasteiger partial charge is 0.362 e. The Bertz CT molecular complexity index is 650. The first-order chi connectivity index (χ1) is 9.13. The normalized spacial score (nSPS) is 9.70. The van der Waals surface area contributed by atoms with Crippen LogP contribution in [0.5, 0.6) is 0 Å². The van der Waals surface area contributed by atoms with Gasteiger partial charge in [-0.3, -0.25) is 9.89 Å². The van der Waals surface area contributed by atoms with E-state index in [1.807, 2.05) is 31.2 Å². The van der Waals surface area contributed by atoms with Gasteiger partial charge < -0.3 is 4.74 Å². The maximum absolute atomic E-state index is 12.2. The first kappa shape index (κ1) is 15.9. The molecule has 1 aromatic heterocycles. The van der Waals surface area contributed by atoms with Gasteiger partial charge in [0.2, 0.25) is 11.1 Å². The molecule has 0 spiro atoms. The highest BCUT2D eigenvalue weighted by atomic mass is 35.5. The number of benzene rings is 1. The number of nitrogens with one attached hydrogen (secondary N) is 1. The van der Waals surface area contributed by atoms with Crippen LogP contribution in [0.4, 0.5) is 0 Å². The molecular formula is C14H15ClN2O3. The molecule has 1 heterocycles. The van der Waals surface area contributed by atoms with Gasteiger partial charge in [-0.25, -0.2) is 4.79 Å². The minimum absolute atomic E-state index is 0. The quantitative estimate of drug-likeness (QED) is 0.882. The van der Waals surface area contributed by atoms with Crippen molar-refractivity contribution in [3.63, 3.8) is 0 Å². The number of halogens is 1. The van der Waals surface area contributed by atoms with E-state index in [1.165, 1.54) is 6.20 Å². The van der Waals surface area contributed by atoms with E-state index in [0.29, 0.717) is 5.56 Å². The molecule has 0 saturated heterocycles. The van der Waals surface area contributed by atoms with Crippen molar-refractivity contribution in [3.05, 3.63) is 51.9 Å². The van der Waals surface area contributed by atoms with Gasteiger partial charge >= 0.3 is 5.97 Å². The summed E-state index contributed by atoms with van der Waals surface area (Å²) in [6, 6.07) is 7.46. The third-order valence-corrected chi connectivity index (χ3v) is 2.68. The molecule has 0 unspecified atom stereocenters. The lowest BCUT2D eigenvalue weighted by Crippen LogP contribution is -2.21. The van der Waals surface area contributed by atoms with E-state index in [4.69, 9.17) is 4.74 Å². The number of carbonyl (C=O) groups is 1. The molecule has 2 aromatic rings. The number of nitrogens with zero attached hydrogens (tertiary/aromatic N) is 1. The summed E-state index contributed by atoms with van der Waals surface area (Å²) in [4.78, 5) is 23.8. The van der Waals surface area contributed by atoms with Gasteiger partial charge in [-0.1, -0.05) is 29.8 Å². The van der Waals surface area contributed by atoms with Crippen molar-refractivity contribution in [3.8, 4) is 11.1 Å². The van der Waals surface area contributed by atoms with Crippen LogP contribution in [0.1, 0.15) is 23.0 Å². The van der Waals surface area contributed by atoms with Gasteiger partial charge in [0.1, 0.15) is 0 Å². The summed E-state index contributed by atoms with van der Waals surface area (Å²) in [7, 11) is 0. The van der Waals surface area contributed by atoms with Crippen LogP contribution in [0, 0.1) is 6.92 Å². The molecule has 5 nitrogen and oxygen atoms in total. The topological polar surface area (TPSA) is 72.0 Å².